The van der Waals surface area contributed by atoms with Gasteiger partial charge in [0.05, 0.1) is 5.52 Å². The number of aliphatic hydroxyl groups excluding tert-OH is 1. The summed E-state index contributed by atoms with van der Waals surface area (Å²) in [5, 5.41) is 13.1. The molecule has 2 N–H and O–H groups in total. The fraction of sp³-hybridized carbons (Fsp3) is 0.500. The van der Waals surface area contributed by atoms with Gasteiger partial charge in [-0.3, -0.25) is 0 Å². The van der Waals surface area contributed by atoms with Gasteiger partial charge < -0.3 is 15.3 Å². The van der Waals surface area contributed by atoms with Crippen molar-refractivity contribution in [1.82, 2.24) is 9.97 Å². The average molecular weight is 288 g/mol. The summed E-state index contributed by atoms with van der Waals surface area (Å²) < 4.78 is 0. The Kier molecular flexibility index (Phi) is 5.75. The molecule has 21 heavy (non-hydrogen) atoms. The van der Waals surface area contributed by atoms with Crippen LogP contribution in [0.3, 0.4) is 0 Å². The van der Waals surface area contributed by atoms with Gasteiger partial charge in [-0.25, -0.2) is 4.98 Å². The standard InChI is InChI=1S/C16H24N4O/c1-3-17-16-18-14-10-6-5-9-13(14)15(19-16)20(2)11-7-4-8-12-21/h5-6,9-10,21H,3-4,7-8,11-12H2,1-2H3,(H,17,18,19). The average Bonchev–Trinajstić information content (AvgIpc) is 2.51. The van der Waals surface area contributed by atoms with Crippen LogP contribution in [0.2, 0.25) is 0 Å². The summed E-state index contributed by atoms with van der Waals surface area (Å²) in [6.45, 7) is 4.03. The third-order valence-electron chi connectivity index (χ3n) is 3.43. The molecule has 0 aliphatic heterocycles. The van der Waals surface area contributed by atoms with E-state index in [4.69, 9.17) is 5.11 Å². The van der Waals surface area contributed by atoms with E-state index < -0.39 is 0 Å². The first-order valence-electron chi connectivity index (χ1n) is 7.59. The molecule has 0 radical (unpaired) electrons. The molecule has 0 aliphatic rings. The zero-order valence-corrected chi connectivity index (χ0v) is 12.8. The molecule has 2 rings (SSSR count). The third kappa shape index (κ3) is 4.04. The second-order valence-corrected chi connectivity index (χ2v) is 5.12. The van der Waals surface area contributed by atoms with Crippen molar-refractivity contribution in [2.45, 2.75) is 26.2 Å². The van der Waals surface area contributed by atoms with Gasteiger partial charge in [-0.15, -0.1) is 0 Å². The predicted molar refractivity (Wildman–Crippen MR) is 87.9 cm³/mol. The Morgan fingerprint density at radius 1 is 1.14 bits per heavy atom. The third-order valence-corrected chi connectivity index (χ3v) is 3.43. The lowest BCUT2D eigenvalue weighted by Gasteiger charge is -2.20. The highest BCUT2D eigenvalue weighted by Crippen LogP contribution is 2.24. The molecule has 5 nitrogen and oxygen atoms in total. The Morgan fingerprint density at radius 3 is 2.71 bits per heavy atom. The summed E-state index contributed by atoms with van der Waals surface area (Å²) in [4.78, 5) is 11.3. The minimum absolute atomic E-state index is 0.269. The molecule has 0 unspecified atom stereocenters. The molecule has 114 valence electrons. The van der Waals surface area contributed by atoms with Crippen LogP contribution in [0.5, 0.6) is 0 Å². The van der Waals surface area contributed by atoms with Gasteiger partial charge in [0.15, 0.2) is 0 Å². The zero-order chi connectivity index (χ0) is 15.1. The van der Waals surface area contributed by atoms with E-state index in [0.717, 1.165) is 49.1 Å². The molecule has 1 aromatic carbocycles. The largest absolute Gasteiger partial charge is 0.396 e. The van der Waals surface area contributed by atoms with Gasteiger partial charge in [-0.2, -0.15) is 4.98 Å². The Bertz CT molecular complexity index is 573. The van der Waals surface area contributed by atoms with Crippen LogP contribution in [-0.4, -0.2) is 41.8 Å². The van der Waals surface area contributed by atoms with Gasteiger partial charge in [0.2, 0.25) is 5.95 Å². The summed E-state index contributed by atoms with van der Waals surface area (Å²) in [6.07, 6.45) is 2.94. The first-order valence-corrected chi connectivity index (χ1v) is 7.59. The normalized spacial score (nSPS) is 10.8. The van der Waals surface area contributed by atoms with Gasteiger partial charge in [0.1, 0.15) is 5.82 Å². The van der Waals surface area contributed by atoms with Crippen molar-refractivity contribution in [3.63, 3.8) is 0 Å². The Balaban J connectivity index is 2.23. The van der Waals surface area contributed by atoms with Gasteiger partial charge in [-0.05, 0) is 38.3 Å². The van der Waals surface area contributed by atoms with E-state index in [1.54, 1.807) is 0 Å². The number of fused-ring (bicyclic) bond motifs is 1. The number of hydrogen-bond donors (Lipinski definition) is 2. The lowest BCUT2D eigenvalue weighted by atomic mass is 10.2. The monoisotopic (exact) mass is 288 g/mol. The van der Waals surface area contributed by atoms with Crippen molar-refractivity contribution in [2.24, 2.45) is 0 Å². The predicted octanol–water partition coefficient (Wildman–Crippen LogP) is 2.66. The van der Waals surface area contributed by atoms with Gasteiger partial charge >= 0.3 is 0 Å². The van der Waals surface area contributed by atoms with Crippen molar-refractivity contribution in [1.29, 1.82) is 0 Å². The van der Waals surface area contributed by atoms with Crippen LogP contribution in [0.1, 0.15) is 26.2 Å². The molecule has 0 fully saturated rings. The SMILES string of the molecule is CCNc1nc(N(C)CCCCCO)c2ccccc2n1. The second-order valence-electron chi connectivity index (χ2n) is 5.12. The molecule has 0 bridgehead atoms. The molecule has 0 atom stereocenters. The number of nitrogens with zero attached hydrogens (tertiary/aromatic N) is 3. The summed E-state index contributed by atoms with van der Waals surface area (Å²) in [5.41, 5.74) is 0.959. The Labute approximate surface area is 126 Å². The first kappa shape index (κ1) is 15.5. The number of aromatic nitrogens is 2. The van der Waals surface area contributed by atoms with Crippen LogP contribution in [0.25, 0.3) is 10.9 Å². The summed E-state index contributed by atoms with van der Waals surface area (Å²) in [7, 11) is 2.06. The molecular weight excluding hydrogens is 264 g/mol. The van der Waals surface area contributed by atoms with E-state index in [0.29, 0.717) is 5.95 Å². The molecule has 5 heteroatoms. The smallest absolute Gasteiger partial charge is 0.225 e. The number of para-hydroxylation sites is 1. The van der Waals surface area contributed by atoms with Gasteiger partial charge in [0, 0.05) is 32.1 Å². The molecule has 1 aromatic heterocycles. The number of unbranched alkanes of at least 4 members (excludes halogenated alkanes) is 2. The highest BCUT2D eigenvalue weighted by molar-refractivity contribution is 5.90. The number of aliphatic hydroxyl groups is 1. The van der Waals surface area contributed by atoms with E-state index in [9.17, 15) is 0 Å². The van der Waals surface area contributed by atoms with E-state index >= 15 is 0 Å². The van der Waals surface area contributed by atoms with E-state index in [1.165, 1.54) is 0 Å². The van der Waals surface area contributed by atoms with Crippen LogP contribution in [0, 0.1) is 0 Å². The van der Waals surface area contributed by atoms with Crippen molar-refractivity contribution in [3.8, 4) is 0 Å². The lowest BCUT2D eigenvalue weighted by Crippen LogP contribution is -2.21. The Morgan fingerprint density at radius 2 is 1.95 bits per heavy atom. The molecule has 0 spiro atoms. The maximum absolute atomic E-state index is 8.84. The van der Waals surface area contributed by atoms with Crippen LogP contribution < -0.4 is 10.2 Å². The minimum atomic E-state index is 0.269. The topological polar surface area (TPSA) is 61.3 Å². The lowest BCUT2D eigenvalue weighted by molar-refractivity contribution is 0.283. The second kappa shape index (κ2) is 7.78. The fourth-order valence-electron chi connectivity index (χ4n) is 2.33. The maximum atomic E-state index is 8.84. The summed E-state index contributed by atoms with van der Waals surface area (Å²) in [6, 6.07) is 8.09. The van der Waals surface area contributed by atoms with Crippen molar-refractivity contribution in [3.05, 3.63) is 24.3 Å². The van der Waals surface area contributed by atoms with Gasteiger partial charge in [0.25, 0.3) is 0 Å². The molecule has 1 heterocycles. The van der Waals surface area contributed by atoms with E-state index in [2.05, 4.69) is 33.3 Å². The van der Waals surface area contributed by atoms with Crippen molar-refractivity contribution >= 4 is 22.7 Å². The van der Waals surface area contributed by atoms with E-state index in [-0.39, 0.29) is 6.61 Å². The highest BCUT2D eigenvalue weighted by Gasteiger charge is 2.10. The Hall–Kier alpha value is -1.88. The summed E-state index contributed by atoms with van der Waals surface area (Å²) in [5.74, 6) is 1.63. The molecule has 0 aliphatic carbocycles. The molecule has 0 amide bonds. The number of nitrogens with one attached hydrogen (secondary N) is 1. The summed E-state index contributed by atoms with van der Waals surface area (Å²) >= 11 is 0. The van der Waals surface area contributed by atoms with Crippen LogP contribution in [0.15, 0.2) is 24.3 Å². The molecule has 0 saturated carbocycles. The highest BCUT2D eigenvalue weighted by atomic mass is 16.2. The minimum Gasteiger partial charge on any atom is -0.396 e. The van der Waals surface area contributed by atoms with Crippen LogP contribution in [-0.2, 0) is 0 Å². The quantitative estimate of drug-likeness (QED) is 0.731. The van der Waals surface area contributed by atoms with Crippen molar-refractivity contribution < 1.29 is 5.11 Å². The molecule has 0 saturated heterocycles. The first-order chi connectivity index (χ1) is 10.3. The molecular formula is C16H24N4O. The van der Waals surface area contributed by atoms with Gasteiger partial charge in [-0.1, -0.05) is 12.1 Å². The van der Waals surface area contributed by atoms with Crippen LogP contribution >= 0.6 is 0 Å². The molecule has 2 aromatic rings. The fourth-order valence-corrected chi connectivity index (χ4v) is 2.33. The van der Waals surface area contributed by atoms with Crippen molar-refractivity contribution in [2.75, 3.05) is 37.0 Å². The zero-order valence-electron chi connectivity index (χ0n) is 12.8. The number of hydrogen-bond acceptors (Lipinski definition) is 5. The number of rotatable bonds is 8. The number of anilines is 2. The van der Waals surface area contributed by atoms with E-state index in [1.807, 2.05) is 25.1 Å². The van der Waals surface area contributed by atoms with Crippen LogP contribution in [0.4, 0.5) is 11.8 Å². The maximum Gasteiger partial charge on any atom is 0.225 e. The number of benzene rings is 1.